The van der Waals surface area contributed by atoms with E-state index in [4.69, 9.17) is 9.47 Å². The Bertz CT molecular complexity index is 1520. The van der Waals surface area contributed by atoms with Crippen LogP contribution in [0.3, 0.4) is 0 Å². The van der Waals surface area contributed by atoms with Crippen LogP contribution in [-0.4, -0.2) is 52.6 Å². The van der Waals surface area contributed by atoms with E-state index in [0.717, 1.165) is 16.5 Å². The number of fused-ring (bicyclic) bond motifs is 1. The molecule has 3 N–H and O–H groups in total. The minimum absolute atomic E-state index is 0.00346. The molecule has 1 amide bonds. The number of ether oxygens (including phenoxy) is 2. The van der Waals surface area contributed by atoms with E-state index in [-0.39, 0.29) is 23.6 Å². The van der Waals surface area contributed by atoms with Crippen molar-refractivity contribution < 1.29 is 29.3 Å². The van der Waals surface area contributed by atoms with Crippen LogP contribution in [0.2, 0.25) is 0 Å². The van der Waals surface area contributed by atoms with Crippen molar-refractivity contribution in [3.8, 4) is 17.2 Å². The normalized spacial score (nSPS) is 16.9. The molecule has 8 heteroatoms. The standard InChI is InChI=1S/C29H26N2O6/c1-36-21-8-6-17(7-9-21)27(33)25-26(18-4-3-5-20(32)14-18)31(29(35)28(25)34)13-12-19-16-30-24-11-10-22(37-2)15-23(19)24/h3-11,14-16,26,30,32-33H,12-13H2,1-2H3/b27-25-. The van der Waals surface area contributed by atoms with E-state index in [9.17, 15) is 19.8 Å². The molecule has 8 nitrogen and oxygen atoms in total. The molecule has 0 bridgehead atoms. The van der Waals surface area contributed by atoms with Crippen molar-refractivity contribution in [3.63, 3.8) is 0 Å². The van der Waals surface area contributed by atoms with E-state index < -0.39 is 17.7 Å². The number of Topliss-reactive ketones (excluding diaryl/α,β-unsaturated/α-hetero) is 1. The third kappa shape index (κ3) is 4.38. The molecule has 1 atom stereocenters. The number of benzene rings is 3. The lowest BCUT2D eigenvalue weighted by atomic mass is 9.95. The second-order valence-electron chi connectivity index (χ2n) is 8.79. The van der Waals surface area contributed by atoms with Crippen molar-refractivity contribution in [3.05, 3.63) is 95.2 Å². The second-order valence-corrected chi connectivity index (χ2v) is 8.79. The number of carbonyl (C=O) groups is 2. The summed E-state index contributed by atoms with van der Waals surface area (Å²) in [6, 6.07) is 17.8. The monoisotopic (exact) mass is 498 g/mol. The molecule has 4 aromatic rings. The number of amides is 1. The van der Waals surface area contributed by atoms with Crippen LogP contribution in [0.5, 0.6) is 17.2 Å². The van der Waals surface area contributed by atoms with Gasteiger partial charge in [0.25, 0.3) is 11.7 Å². The summed E-state index contributed by atoms with van der Waals surface area (Å²) >= 11 is 0. The Hall–Kier alpha value is -4.72. The van der Waals surface area contributed by atoms with E-state index >= 15 is 0 Å². The molecule has 3 aromatic carbocycles. The van der Waals surface area contributed by atoms with Crippen LogP contribution in [0.4, 0.5) is 0 Å². The number of nitrogens with one attached hydrogen (secondary N) is 1. The number of hydrogen-bond acceptors (Lipinski definition) is 6. The molecule has 5 rings (SSSR count). The maximum atomic E-state index is 13.3. The first-order valence-corrected chi connectivity index (χ1v) is 11.8. The van der Waals surface area contributed by atoms with Crippen LogP contribution in [0, 0.1) is 0 Å². The molecule has 2 heterocycles. The Labute approximate surface area is 213 Å². The zero-order valence-electron chi connectivity index (χ0n) is 20.4. The molecule has 0 saturated carbocycles. The van der Waals surface area contributed by atoms with Gasteiger partial charge in [-0.2, -0.15) is 0 Å². The van der Waals surface area contributed by atoms with Crippen LogP contribution in [0.25, 0.3) is 16.7 Å². The summed E-state index contributed by atoms with van der Waals surface area (Å²) in [7, 11) is 3.14. The van der Waals surface area contributed by atoms with Gasteiger partial charge in [0.2, 0.25) is 0 Å². The van der Waals surface area contributed by atoms with Crippen LogP contribution >= 0.6 is 0 Å². The van der Waals surface area contributed by atoms with Gasteiger partial charge >= 0.3 is 0 Å². The van der Waals surface area contributed by atoms with Gasteiger partial charge in [-0.25, -0.2) is 0 Å². The van der Waals surface area contributed by atoms with Crippen LogP contribution in [0.15, 0.2) is 78.5 Å². The Balaban J connectivity index is 1.55. The molecule has 1 saturated heterocycles. The van der Waals surface area contributed by atoms with Crippen molar-refractivity contribution in [2.75, 3.05) is 20.8 Å². The molecule has 1 fully saturated rings. The maximum Gasteiger partial charge on any atom is 0.295 e. The highest BCUT2D eigenvalue weighted by Crippen LogP contribution is 2.40. The van der Waals surface area contributed by atoms with Gasteiger partial charge < -0.3 is 29.6 Å². The number of phenols is 1. The molecule has 0 aliphatic carbocycles. The molecule has 37 heavy (non-hydrogen) atoms. The molecule has 1 aliphatic rings. The average molecular weight is 499 g/mol. The largest absolute Gasteiger partial charge is 0.508 e. The van der Waals surface area contributed by atoms with Gasteiger partial charge in [-0.3, -0.25) is 9.59 Å². The Kier molecular flexibility index (Phi) is 6.31. The SMILES string of the molecule is COc1ccc(/C(O)=C2/C(=O)C(=O)N(CCc3c[nH]c4ccc(OC)cc34)C2c2cccc(O)c2)cc1. The average Bonchev–Trinajstić information content (AvgIpc) is 3.44. The number of aromatic nitrogens is 1. The van der Waals surface area contributed by atoms with Crippen molar-refractivity contribution in [1.82, 2.24) is 9.88 Å². The zero-order valence-corrected chi connectivity index (χ0v) is 20.4. The number of aliphatic hydroxyl groups excluding tert-OH is 1. The molecular weight excluding hydrogens is 472 g/mol. The molecule has 1 aliphatic heterocycles. The van der Waals surface area contributed by atoms with Gasteiger partial charge in [0.1, 0.15) is 23.0 Å². The first-order valence-electron chi connectivity index (χ1n) is 11.8. The van der Waals surface area contributed by atoms with Crippen molar-refractivity contribution in [2.24, 2.45) is 0 Å². The van der Waals surface area contributed by atoms with Crippen molar-refractivity contribution in [1.29, 1.82) is 0 Å². The molecule has 1 aromatic heterocycles. The quantitative estimate of drug-likeness (QED) is 0.196. The number of aromatic hydroxyl groups is 1. The van der Waals surface area contributed by atoms with Crippen molar-refractivity contribution in [2.45, 2.75) is 12.5 Å². The van der Waals surface area contributed by atoms with Gasteiger partial charge in [-0.15, -0.1) is 0 Å². The minimum Gasteiger partial charge on any atom is -0.508 e. The van der Waals surface area contributed by atoms with E-state index in [1.807, 2.05) is 24.4 Å². The summed E-state index contributed by atoms with van der Waals surface area (Å²) in [6.07, 6.45) is 2.33. The lowest BCUT2D eigenvalue weighted by Crippen LogP contribution is -2.31. The second kappa shape index (κ2) is 9.73. The predicted octanol–water partition coefficient (Wildman–Crippen LogP) is 4.56. The smallest absolute Gasteiger partial charge is 0.295 e. The zero-order chi connectivity index (χ0) is 26.1. The number of hydrogen-bond donors (Lipinski definition) is 3. The Morgan fingerprint density at radius 3 is 2.41 bits per heavy atom. The first-order chi connectivity index (χ1) is 17.9. The Morgan fingerprint density at radius 2 is 1.70 bits per heavy atom. The summed E-state index contributed by atoms with van der Waals surface area (Å²) in [6.45, 7) is 0.217. The summed E-state index contributed by atoms with van der Waals surface area (Å²) in [4.78, 5) is 31.2. The number of carbonyl (C=O) groups excluding carboxylic acids is 2. The number of likely N-dealkylation sites (tertiary alicyclic amines) is 1. The van der Waals surface area contributed by atoms with Crippen molar-refractivity contribution >= 4 is 28.4 Å². The van der Waals surface area contributed by atoms with Crippen LogP contribution < -0.4 is 9.47 Å². The predicted molar refractivity (Wildman–Crippen MR) is 139 cm³/mol. The number of H-pyrrole nitrogens is 1. The lowest BCUT2D eigenvalue weighted by Gasteiger charge is -2.25. The highest BCUT2D eigenvalue weighted by Gasteiger charge is 2.46. The van der Waals surface area contributed by atoms with Gasteiger partial charge in [-0.05, 0) is 72.1 Å². The van der Waals surface area contributed by atoms with Gasteiger partial charge in [0.15, 0.2) is 0 Å². The highest BCUT2D eigenvalue weighted by atomic mass is 16.5. The maximum absolute atomic E-state index is 13.3. The number of aliphatic hydroxyl groups is 1. The van der Waals surface area contributed by atoms with Crippen LogP contribution in [-0.2, 0) is 16.0 Å². The van der Waals surface area contributed by atoms with E-state index in [2.05, 4.69) is 4.98 Å². The van der Waals surface area contributed by atoms with E-state index in [1.54, 1.807) is 43.5 Å². The first kappa shape index (κ1) is 24.0. The minimum atomic E-state index is -0.867. The van der Waals surface area contributed by atoms with E-state index in [0.29, 0.717) is 29.0 Å². The third-order valence-corrected chi connectivity index (χ3v) is 6.69. The highest BCUT2D eigenvalue weighted by molar-refractivity contribution is 6.46. The summed E-state index contributed by atoms with van der Waals surface area (Å²) in [5.74, 6) is -0.460. The molecule has 1 unspecified atom stereocenters. The summed E-state index contributed by atoms with van der Waals surface area (Å²) in [5.41, 5.74) is 2.77. The van der Waals surface area contributed by atoms with E-state index in [1.165, 1.54) is 24.1 Å². The summed E-state index contributed by atoms with van der Waals surface area (Å²) in [5, 5.41) is 22.3. The topological polar surface area (TPSA) is 112 Å². The fourth-order valence-electron chi connectivity index (χ4n) is 4.79. The number of ketones is 1. The van der Waals surface area contributed by atoms with Crippen LogP contribution in [0.1, 0.15) is 22.7 Å². The summed E-state index contributed by atoms with van der Waals surface area (Å²) < 4.78 is 10.5. The Morgan fingerprint density at radius 1 is 0.973 bits per heavy atom. The fourth-order valence-corrected chi connectivity index (χ4v) is 4.79. The van der Waals surface area contributed by atoms with Gasteiger partial charge in [0, 0.05) is 29.2 Å². The number of nitrogens with zero attached hydrogens (tertiary/aromatic N) is 1. The number of aromatic amines is 1. The molecule has 188 valence electrons. The number of phenolic OH excluding ortho intramolecular Hbond substituents is 1. The lowest BCUT2D eigenvalue weighted by molar-refractivity contribution is -0.139. The third-order valence-electron chi connectivity index (χ3n) is 6.69. The van der Waals surface area contributed by atoms with Gasteiger partial charge in [-0.1, -0.05) is 12.1 Å². The number of methoxy groups -OCH3 is 2. The fraction of sp³-hybridized carbons (Fsp3) is 0.172. The van der Waals surface area contributed by atoms with Gasteiger partial charge in [0.05, 0.1) is 25.8 Å². The molecular formula is C29H26N2O6. The molecule has 0 spiro atoms. The number of rotatable bonds is 7. The molecule has 0 radical (unpaired) electrons.